The molecule has 0 unspecified atom stereocenters. The zero-order chi connectivity index (χ0) is 11.8. The fraction of sp³-hybridized carbons (Fsp3) is 0.778. The third kappa shape index (κ3) is 2.65. The summed E-state index contributed by atoms with van der Waals surface area (Å²) in [4.78, 5) is 23.1. The summed E-state index contributed by atoms with van der Waals surface area (Å²) in [6.07, 6.45) is -4.41. The Kier molecular flexibility index (Phi) is 2.99. The van der Waals surface area contributed by atoms with Crippen LogP contribution in [0.25, 0.3) is 0 Å². The fourth-order valence-electron chi connectivity index (χ4n) is 1.16. The van der Waals surface area contributed by atoms with Crippen LogP contribution in [0.15, 0.2) is 0 Å². The lowest BCUT2D eigenvalue weighted by molar-refractivity contribution is -0.131. The van der Waals surface area contributed by atoms with Crippen molar-refractivity contribution in [2.24, 2.45) is 0 Å². The molecule has 1 aliphatic rings. The van der Waals surface area contributed by atoms with Crippen molar-refractivity contribution in [2.45, 2.75) is 38.6 Å². The van der Waals surface area contributed by atoms with Gasteiger partial charge in [-0.15, -0.1) is 0 Å². The second kappa shape index (κ2) is 3.77. The number of carbonyl (C=O) groups excluding carboxylic acids is 2. The first-order chi connectivity index (χ1) is 6.72. The molecular weight excluding hydrogens is 205 g/mol. The predicted octanol–water partition coefficient (Wildman–Crippen LogP) is 0.463. The van der Waals surface area contributed by atoms with E-state index in [1.54, 1.807) is 20.8 Å². The van der Waals surface area contributed by atoms with E-state index in [2.05, 4.69) is 0 Å². The number of amides is 2. The molecule has 5 nitrogen and oxygen atoms in total. The molecule has 0 aliphatic carbocycles. The molecule has 0 bridgehead atoms. The van der Waals surface area contributed by atoms with Gasteiger partial charge in [-0.2, -0.15) is 0 Å². The number of hydrogen-bond donors (Lipinski definition) is 1. The lowest BCUT2D eigenvalue weighted by Gasteiger charge is -2.23. The lowest BCUT2D eigenvalue weighted by Crippen LogP contribution is -2.38. The summed E-state index contributed by atoms with van der Waals surface area (Å²) in [5.41, 5.74) is -0.753. The Morgan fingerprint density at radius 1 is 1.60 bits per heavy atom. The van der Waals surface area contributed by atoms with Crippen LogP contribution in [0, 0.1) is 0 Å². The number of carbonyl (C=O) groups is 2. The number of aliphatic hydroxyl groups excluding tert-OH is 1. The van der Waals surface area contributed by atoms with Gasteiger partial charge in [0.15, 0.2) is 0 Å². The van der Waals surface area contributed by atoms with Gasteiger partial charge < -0.3 is 9.84 Å². The van der Waals surface area contributed by atoms with Gasteiger partial charge in [-0.25, -0.2) is 14.1 Å². The number of imide groups is 1. The van der Waals surface area contributed by atoms with Gasteiger partial charge in [0.1, 0.15) is 11.7 Å². The maximum absolute atomic E-state index is 12.9. The van der Waals surface area contributed by atoms with Gasteiger partial charge in [-0.1, -0.05) is 0 Å². The second-order valence-electron chi connectivity index (χ2n) is 4.40. The van der Waals surface area contributed by atoms with E-state index in [9.17, 15) is 14.0 Å². The standard InChI is InChI=1S/C9H14FNO4/c1-9(2,3)15-8(14)11-4-5(12)6(10)7(11)13/h5-6,12H,4H2,1-3H3/t5-,6-/m0/s1. The topological polar surface area (TPSA) is 66.8 Å². The predicted molar refractivity (Wildman–Crippen MR) is 48.8 cm³/mol. The molecule has 1 rings (SSSR count). The number of hydrogen-bond acceptors (Lipinski definition) is 4. The normalized spacial score (nSPS) is 27.0. The van der Waals surface area contributed by atoms with Gasteiger partial charge in [-0.3, -0.25) is 4.79 Å². The van der Waals surface area contributed by atoms with Crippen LogP contribution in [-0.4, -0.2) is 46.4 Å². The Morgan fingerprint density at radius 3 is 2.47 bits per heavy atom. The molecule has 1 heterocycles. The van der Waals surface area contributed by atoms with Gasteiger partial charge in [0, 0.05) is 0 Å². The van der Waals surface area contributed by atoms with Crippen molar-refractivity contribution in [1.29, 1.82) is 0 Å². The van der Waals surface area contributed by atoms with E-state index in [0.29, 0.717) is 4.90 Å². The number of halogens is 1. The highest BCUT2D eigenvalue weighted by Gasteiger charge is 2.44. The molecule has 1 N–H and O–H groups in total. The molecule has 1 fully saturated rings. The van der Waals surface area contributed by atoms with E-state index in [1.807, 2.05) is 0 Å². The van der Waals surface area contributed by atoms with E-state index >= 15 is 0 Å². The molecule has 1 saturated heterocycles. The molecule has 0 aromatic carbocycles. The Hall–Kier alpha value is -1.17. The van der Waals surface area contributed by atoms with E-state index in [0.717, 1.165) is 0 Å². The molecule has 0 saturated carbocycles. The summed E-state index contributed by atoms with van der Waals surface area (Å²) < 4.78 is 17.8. The number of aliphatic hydroxyl groups is 1. The van der Waals surface area contributed by atoms with Gasteiger partial charge in [0.25, 0.3) is 5.91 Å². The molecule has 0 aromatic heterocycles. The molecule has 15 heavy (non-hydrogen) atoms. The highest BCUT2D eigenvalue weighted by molar-refractivity contribution is 5.96. The molecule has 2 amide bonds. The van der Waals surface area contributed by atoms with Crippen molar-refractivity contribution in [2.75, 3.05) is 6.54 Å². The van der Waals surface area contributed by atoms with Crippen LogP contribution in [-0.2, 0) is 9.53 Å². The maximum Gasteiger partial charge on any atom is 0.417 e. The van der Waals surface area contributed by atoms with Crippen LogP contribution in [0.2, 0.25) is 0 Å². The molecule has 1 aliphatic heterocycles. The zero-order valence-corrected chi connectivity index (χ0v) is 8.86. The van der Waals surface area contributed by atoms with Crippen molar-refractivity contribution in [3.8, 4) is 0 Å². The number of ether oxygens (including phenoxy) is 1. The third-order valence-corrected chi connectivity index (χ3v) is 1.82. The zero-order valence-electron chi connectivity index (χ0n) is 8.86. The van der Waals surface area contributed by atoms with E-state index in [4.69, 9.17) is 9.84 Å². The summed E-state index contributed by atoms with van der Waals surface area (Å²) in [7, 11) is 0. The van der Waals surface area contributed by atoms with Crippen LogP contribution in [0.1, 0.15) is 20.8 Å². The summed E-state index contributed by atoms with van der Waals surface area (Å²) in [5.74, 6) is -1.04. The Bertz CT molecular complexity index is 286. The second-order valence-corrected chi connectivity index (χ2v) is 4.40. The molecule has 6 heteroatoms. The number of likely N-dealkylation sites (tertiary alicyclic amines) is 1. The minimum atomic E-state index is -2.03. The van der Waals surface area contributed by atoms with Crippen LogP contribution >= 0.6 is 0 Å². The highest BCUT2D eigenvalue weighted by Crippen LogP contribution is 2.18. The van der Waals surface area contributed by atoms with E-state index < -0.39 is 29.9 Å². The Balaban J connectivity index is 2.67. The van der Waals surface area contributed by atoms with Crippen molar-refractivity contribution in [3.05, 3.63) is 0 Å². The quantitative estimate of drug-likeness (QED) is 0.642. The monoisotopic (exact) mass is 219 g/mol. The maximum atomic E-state index is 12.9. The van der Waals surface area contributed by atoms with Crippen molar-refractivity contribution >= 4 is 12.0 Å². The third-order valence-electron chi connectivity index (χ3n) is 1.82. The molecule has 86 valence electrons. The minimum Gasteiger partial charge on any atom is -0.443 e. The number of β-amino-alcohol motifs (C(OH)–C–C–N with tert-alkyl or cyclic N) is 1. The molecule has 2 atom stereocenters. The van der Waals surface area contributed by atoms with E-state index in [-0.39, 0.29) is 6.54 Å². The van der Waals surface area contributed by atoms with Crippen LogP contribution in [0.5, 0.6) is 0 Å². The average molecular weight is 219 g/mol. The lowest BCUT2D eigenvalue weighted by atomic mass is 10.2. The van der Waals surface area contributed by atoms with Gasteiger partial charge in [0.2, 0.25) is 6.17 Å². The summed E-state index contributed by atoms with van der Waals surface area (Å²) in [6, 6.07) is 0. The minimum absolute atomic E-state index is 0.352. The number of alkyl halides is 1. The first-order valence-electron chi connectivity index (χ1n) is 4.59. The highest BCUT2D eigenvalue weighted by atomic mass is 19.1. The smallest absolute Gasteiger partial charge is 0.417 e. The summed E-state index contributed by atoms with van der Waals surface area (Å²) in [6.45, 7) is 4.55. The molecular formula is C9H14FNO4. The van der Waals surface area contributed by atoms with Crippen molar-refractivity contribution in [3.63, 3.8) is 0 Å². The number of rotatable bonds is 0. The van der Waals surface area contributed by atoms with Crippen molar-refractivity contribution in [1.82, 2.24) is 4.90 Å². The van der Waals surface area contributed by atoms with Crippen LogP contribution in [0.3, 0.4) is 0 Å². The SMILES string of the molecule is CC(C)(C)OC(=O)N1C[C@H](O)[C@H](F)C1=O. The average Bonchev–Trinajstić information content (AvgIpc) is 2.30. The first kappa shape index (κ1) is 11.9. The molecule has 0 radical (unpaired) electrons. The Labute approximate surface area is 86.8 Å². The first-order valence-corrected chi connectivity index (χ1v) is 4.59. The largest absolute Gasteiger partial charge is 0.443 e. The van der Waals surface area contributed by atoms with Gasteiger partial charge >= 0.3 is 6.09 Å². The Morgan fingerprint density at radius 2 is 2.13 bits per heavy atom. The van der Waals surface area contributed by atoms with Gasteiger partial charge in [-0.05, 0) is 20.8 Å². The van der Waals surface area contributed by atoms with Crippen LogP contribution in [0.4, 0.5) is 9.18 Å². The number of nitrogens with zero attached hydrogens (tertiary/aromatic N) is 1. The molecule has 0 spiro atoms. The fourth-order valence-corrected chi connectivity index (χ4v) is 1.16. The summed E-state index contributed by atoms with van der Waals surface area (Å²) >= 11 is 0. The molecule has 0 aromatic rings. The van der Waals surface area contributed by atoms with Crippen LogP contribution < -0.4 is 0 Å². The van der Waals surface area contributed by atoms with Crippen molar-refractivity contribution < 1.29 is 23.8 Å². The van der Waals surface area contributed by atoms with Gasteiger partial charge in [0.05, 0.1) is 6.54 Å². The van der Waals surface area contributed by atoms with E-state index in [1.165, 1.54) is 0 Å². The summed E-state index contributed by atoms with van der Waals surface area (Å²) in [5, 5.41) is 9.04.